The van der Waals surface area contributed by atoms with Crippen LogP contribution < -0.4 is 5.32 Å². The summed E-state index contributed by atoms with van der Waals surface area (Å²) in [6.45, 7) is 8.19. The van der Waals surface area contributed by atoms with Gasteiger partial charge in [0.2, 0.25) is 0 Å². The van der Waals surface area contributed by atoms with E-state index in [9.17, 15) is 19.7 Å². The molecule has 1 saturated heterocycles. The van der Waals surface area contributed by atoms with Crippen LogP contribution in [0.1, 0.15) is 27.7 Å². The first kappa shape index (κ1) is 19.5. The van der Waals surface area contributed by atoms with E-state index in [2.05, 4.69) is 5.32 Å². The van der Waals surface area contributed by atoms with Crippen LogP contribution in [0.5, 0.6) is 0 Å². The lowest BCUT2D eigenvalue weighted by molar-refractivity contribution is -0.383. The summed E-state index contributed by atoms with van der Waals surface area (Å²) in [5.41, 5.74) is -0.605. The Morgan fingerprint density at radius 3 is 2.50 bits per heavy atom. The van der Waals surface area contributed by atoms with Crippen LogP contribution in [0.2, 0.25) is 0 Å². The summed E-state index contributed by atoms with van der Waals surface area (Å²) in [6, 6.07) is 5.29. The van der Waals surface area contributed by atoms with Gasteiger partial charge in [-0.15, -0.1) is 0 Å². The Morgan fingerprint density at radius 2 is 1.92 bits per heavy atom. The normalized spacial score (nSPS) is 17.6. The molecule has 0 saturated carbocycles. The van der Waals surface area contributed by atoms with Gasteiger partial charge >= 0.3 is 12.1 Å². The van der Waals surface area contributed by atoms with Gasteiger partial charge < -0.3 is 19.9 Å². The third kappa shape index (κ3) is 4.84. The number of anilines is 1. The number of benzene rings is 1. The lowest BCUT2D eigenvalue weighted by Gasteiger charge is -2.40. The molecular weight excluding hydrogens is 340 g/mol. The molecule has 142 valence electrons. The van der Waals surface area contributed by atoms with E-state index in [-0.39, 0.29) is 17.4 Å². The number of ether oxygens (including phenoxy) is 1. The Morgan fingerprint density at radius 1 is 1.27 bits per heavy atom. The lowest BCUT2D eigenvalue weighted by atomic mass is 10.2. The van der Waals surface area contributed by atoms with Gasteiger partial charge in [0.25, 0.3) is 5.69 Å². The van der Waals surface area contributed by atoms with Crippen molar-refractivity contribution in [2.24, 2.45) is 0 Å². The van der Waals surface area contributed by atoms with Gasteiger partial charge in [0.1, 0.15) is 11.3 Å². The molecule has 1 aromatic rings. The molecule has 1 aliphatic heterocycles. The smallest absolute Gasteiger partial charge is 0.410 e. The molecule has 1 N–H and O–H groups in total. The summed E-state index contributed by atoms with van der Waals surface area (Å²) in [7, 11) is 0. The monoisotopic (exact) mass is 364 g/mol. The standard InChI is InChI=1S/C17H24N4O5/c1-12-11-19(16(23)26-17(2,3)4)9-10-20(12)15(22)18-13-7-5-6-8-14(13)21(24)25/h5-8,12H,9-11H2,1-4H3,(H,18,22). The molecule has 2 rings (SSSR count). The van der Waals surface area contributed by atoms with Gasteiger partial charge in [-0.25, -0.2) is 9.59 Å². The lowest BCUT2D eigenvalue weighted by Crippen LogP contribution is -2.57. The average Bonchev–Trinajstić information content (AvgIpc) is 2.53. The highest BCUT2D eigenvalue weighted by Crippen LogP contribution is 2.24. The van der Waals surface area contributed by atoms with Crippen molar-refractivity contribution in [3.05, 3.63) is 34.4 Å². The zero-order chi connectivity index (χ0) is 19.5. The molecule has 1 atom stereocenters. The predicted molar refractivity (Wildman–Crippen MR) is 96.1 cm³/mol. The van der Waals surface area contributed by atoms with Crippen molar-refractivity contribution in [3.8, 4) is 0 Å². The third-order valence-electron chi connectivity index (χ3n) is 3.88. The number of rotatable bonds is 2. The number of carbonyl (C=O) groups excluding carboxylic acids is 2. The predicted octanol–water partition coefficient (Wildman–Crippen LogP) is 3.07. The molecule has 1 aromatic carbocycles. The van der Waals surface area contributed by atoms with Crippen LogP contribution >= 0.6 is 0 Å². The Hall–Kier alpha value is -2.84. The molecule has 1 unspecified atom stereocenters. The first-order valence-corrected chi connectivity index (χ1v) is 8.37. The quantitative estimate of drug-likeness (QED) is 0.641. The van der Waals surface area contributed by atoms with Crippen molar-refractivity contribution in [2.75, 3.05) is 25.0 Å². The molecule has 0 aromatic heterocycles. The topological polar surface area (TPSA) is 105 Å². The number of hydrogen-bond donors (Lipinski definition) is 1. The van der Waals surface area contributed by atoms with E-state index in [1.807, 2.05) is 6.92 Å². The molecule has 0 radical (unpaired) electrons. The van der Waals surface area contributed by atoms with Crippen molar-refractivity contribution in [2.45, 2.75) is 39.3 Å². The number of para-hydroxylation sites is 2. The van der Waals surface area contributed by atoms with Crippen LogP contribution in [0.4, 0.5) is 21.0 Å². The highest BCUT2D eigenvalue weighted by Gasteiger charge is 2.32. The highest BCUT2D eigenvalue weighted by atomic mass is 16.6. The number of hydrogen-bond acceptors (Lipinski definition) is 5. The summed E-state index contributed by atoms with van der Waals surface area (Å²) >= 11 is 0. The minimum atomic E-state index is -0.582. The molecule has 0 bridgehead atoms. The van der Waals surface area contributed by atoms with Gasteiger partial charge in [-0.2, -0.15) is 0 Å². The van der Waals surface area contributed by atoms with Crippen molar-refractivity contribution < 1.29 is 19.2 Å². The van der Waals surface area contributed by atoms with Gasteiger partial charge in [0.15, 0.2) is 0 Å². The Kier molecular flexibility index (Phi) is 5.69. The van der Waals surface area contributed by atoms with Crippen molar-refractivity contribution >= 4 is 23.5 Å². The fraction of sp³-hybridized carbons (Fsp3) is 0.529. The minimum absolute atomic E-state index is 0.143. The van der Waals surface area contributed by atoms with E-state index in [1.165, 1.54) is 18.2 Å². The van der Waals surface area contributed by atoms with E-state index >= 15 is 0 Å². The summed E-state index contributed by atoms with van der Waals surface area (Å²) in [6.07, 6.45) is -0.414. The highest BCUT2D eigenvalue weighted by molar-refractivity contribution is 5.92. The van der Waals surface area contributed by atoms with Crippen LogP contribution in [-0.4, -0.2) is 58.1 Å². The van der Waals surface area contributed by atoms with Gasteiger partial charge in [-0.05, 0) is 33.8 Å². The number of nitro benzene ring substituents is 1. The number of nitrogens with one attached hydrogen (secondary N) is 1. The average molecular weight is 364 g/mol. The van der Waals surface area contributed by atoms with Gasteiger partial charge in [0.05, 0.1) is 4.92 Å². The Balaban J connectivity index is 2.00. The molecule has 26 heavy (non-hydrogen) atoms. The molecule has 9 heteroatoms. The fourth-order valence-electron chi connectivity index (χ4n) is 2.68. The van der Waals surface area contributed by atoms with E-state index in [1.54, 1.807) is 36.6 Å². The largest absolute Gasteiger partial charge is 0.444 e. The van der Waals surface area contributed by atoms with Crippen LogP contribution in [-0.2, 0) is 4.74 Å². The van der Waals surface area contributed by atoms with E-state index in [4.69, 9.17) is 4.74 Å². The molecular formula is C17H24N4O5. The number of amides is 3. The fourth-order valence-corrected chi connectivity index (χ4v) is 2.68. The second kappa shape index (κ2) is 7.59. The maximum Gasteiger partial charge on any atom is 0.410 e. The second-order valence-electron chi connectivity index (χ2n) is 7.17. The van der Waals surface area contributed by atoms with Crippen LogP contribution in [0.15, 0.2) is 24.3 Å². The molecule has 3 amide bonds. The molecule has 1 aliphatic rings. The maximum absolute atomic E-state index is 12.5. The number of nitro groups is 1. The first-order chi connectivity index (χ1) is 12.1. The molecule has 9 nitrogen and oxygen atoms in total. The molecule has 0 aliphatic carbocycles. The van der Waals surface area contributed by atoms with Crippen LogP contribution in [0, 0.1) is 10.1 Å². The summed E-state index contributed by atoms with van der Waals surface area (Å²) in [5.74, 6) is 0. The molecule has 1 heterocycles. The Labute approximate surface area is 152 Å². The van der Waals surface area contributed by atoms with Gasteiger partial charge in [-0.1, -0.05) is 12.1 Å². The summed E-state index contributed by atoms with van der Waals surface area (Å²) in [4.78, 5) is 38.3. The van der Waals surface area contributed by atoms with Crippen molar-refractivity contribution in [1.82, 2.24) is 9.80 Å². The zero-order valence-corrected chi connectivity index (χ0v) is 15.4. The first-order valence-electron chi connectivity index (χ1n) is 8.37. The van der Waals surface area contributed by atoms with Crippen molar-refractivity contribution in [1.29, 1.82) is 0 Å². The number of nitrogens with zero attached hydrogens (tertiary/aromatic N) is 3. The Bertz CT molecular complexity index is 701. The second-order valence-corrected chi connectivity index (χ2v) is 7.17. The van der Waals surface area contributed by atoms with Gasteiger partial charge in [-0.3, -0.25) is 10.1 Å². The maximum atomic E-state index is 12.5. The van der Waals surface area contributed by atoms with Gasteiger partial charge in [0, 0.05) is 31.7 Å². The number of urea groups is 1. The third-order valence-corrected chi connectivity index (χ3v) is 3.88. The SMILES string of the molecule is CC1CN(C(=O)OC(C)(C)C)CCN1C(=O)Nc1ccccc1[N+](=O)[O-]. The van der Waals surface area contributed by atoms with E-state index in [0.717, 1.165) is 0 Å². The van der Waals surface area contributed by atoms with Crippen LogP contribution in [0.3, 0.4) is 0 Å². The van der Waals surface area contributed by atoms with Crippen LogP contribution in [0.25, 0.3) is 0 Å². The zero-order valence-electron chi connectivity index (χ0n) is 15.4. The molecule has 1 fully saturated rings. The molecule has 0 spiro atoms. The number of piperazine rings is 1. The summed E-state index contributed by atoms with van der Waals surface area (Å²) < 4.78 is 5.35. The minimum Gasteiger partial charge on any atom is -0.444 e. The van der Waals surface area contributed by atoms with Crippen molar-refractivity contribution in [3.63, 3.8) is 0 Å². The van der Waals surface area contributed by atoms with E-state index in [0.29, 0.717) is 19.6 Å². The number of carbonyl (C=O) groups is 2. The van der Waals surface area contributed by atoms with E-state index < -0.39 is 22.6 Å². The summed E-state index contributed by atoms with van der Waals surface area (Å²) in [5, 5.41) is 13.6.